The maximum Gasteiger partial charge on any atom is 0.238 e. The van der Waals surface area contributed by atoms with Gasteiger partial charge in [-0.15, -0.1) is 24.0 Å². The van der Waals surface area contributed by atoms with Gasteiger partial charge in [-0.25, -0.2) is 18.5 Å². The van der Waals surface area contributed by atoms with E-state index in [0.717, 1.165) is 11.3 Å². The van der Waals surface area contributed by atoms with Gasteiger partial charge in [-0.1, -0.05) is 23.7 Å². The van der Waals surface area contributed by atoms with E-state index in [9.17, 15) is 8.42 Å². The summed E-state index contributed by atoms with van der Waals surface area (Å²) in [6, 6.07) is 13.6. The molecule has 0 bridgehead atoms. The summed E-state index contributed by atoms with van der Waals surface area (Å²) in [7, 11) is -3.73. The number of guanidine groups is 1. The van der Waals surface area contributed by atoms with Gasteiger partial charge in [0.25, 0.3) is 0 Å². The molecule has 2 aromatic carbocycles. The van der Waals surface area contributed by atoms with Crippen LogP contribution in [-0.4, -0.2) is 33.6 Å². The summed E-state index contributed by atoms with van der Waals surface area (Å²) in [5.41, 5.74) is 0.745. The number of rotatable bonds is 8. The quantitative estimate of drug-likeness (QED) is 0.265. The van der Waals surface area contributed by atoms with Crippen molar-refractivity contribution in [2.24, 2.45) is 10.1 Å². The van der Waals surface area contributed by atoms with Gasteiger partial charge in [-0.3, -0.25) is 0 Å². The number of ether oxygens (including phenoxy) is 1. The molecule has 1 unspecified atom stereocenters. The summed E-state index contributed by atoms with van der Waals surface area (Å²) in [4.78, 5) is 4.56. The lowest BCUT2D eigenvalue weighted by Crippen LogP contribution is -2.41. The molecular weight excluding hydrogens is 527 g/mol. The van der Waals surface area contributed by atoms with Crippen LogP contribution in [0.2, 0.25) is 5.02 Å². The molecule has 0 aromatic heterocycles. The summed E-state index contributed by atoms with van der Waals surface area (Å²) in [5, 5.41) is 12.2. The number of primary sulfonamides is 1. The normalized spacial score (nSPS) is 12.6. The van der Waals surface area contributed by atoms with Gasteiger partial charge in [0.2, 0.25) is 10.0 Å². The molecule has 0 saturated heterocycles. The molecule has 0 aliphatic heterocycles. The van der Waals surface area contributed by atoms with Crippen LogP contribution in [0.15, 0.2) is 58.4 Å². The Morgan fingerprint density at radius 1 is 1.21 bits per heavy atom. The van der Waals surface area contributed by atoms with Crippen molar-refractivity contribution in [3.05, 3.63) is 59.1 Å². The van der Waals surface area contributed by atoms with E-state index in [-0.39, 0.29) is 35.0 Å². The first-order valence-electron chi connectivity index (χ1n) is 8.84. The Morgan fingerprint density at radius 2 is 1.90 bits per heavy atom. The van der Waals surface area contributed by atoms with Crippen LogP contribution in [0.5, 0.6) is 5.75 Å². The van der Waals surface area contributed by atoms with Crippen molar-refractivity contribution in [1.82, 2.24) is 10.6 Å². The topological polar surface area (TPSA) is 106 Å². The number of hydrogen-bond acceptors (Lipinski definition) is 4. The predicted molar refractivity (Wildman–Crippen MR) is 128 cm³/mol. The Bertz CT molecular complexity index is 908. The highest BCUT2D eigenvalue weighted by molar-refractivity contribution is 14.0. The molecule has 160 valence electrons. The van der Waals surface area contributed by atoms with Crippen LogP contribution in [-0.2, 0) is 16.6 Å². The molecule has 0 aliphatic carbocycles. The smallest absolute Gasteiger partial charge is 0.238 e. The van der Waals surface area contributed by atoms with Gasteiger partial charge in [0.15, 0.2) is 5.96 Å². The average Bonchev–Trinajstić information content (AvgIpc) is 2.65. The third-order valence-electron chi connectivity index (χ3n) is 3.70. The third-order valence-corrected chi connectivity index (χ3v) is 4.86. The number of hydrogen-bond donors (Lipinski definition) is 3. The SMILES string of the molecule is CCNC(=NCc1cccc(S(N)(=O)=O)c1)NCC(C)Oc1ccc(Cl)cc1.I. The van der Waals surface area contributed by atoms with Crippen molar-refractivity contribution < 1.29 is 13.2 Å². The van der Waals surface area contributed by atoms with Crippen LogP contribution >= 0.6 is 35.6 Å². The summed E-state index contributed by atoms with van der Waals surface area (Å²) in [6.45, 7) is 5.44. The van der Waals surface area contributed by atoms with E-state index in [0.29, 0.717) is 30.6 Å². The van der Waals surface area contributed by atoms with E-state index >= 15 is 0 Å². The molecule has 0 spiro atoms. The molecule has 0 radical (unpaired) electrons. The van der Waals surface area contributed by atoms with E-state index < -0.39 is 10.0 Å². The molecule has 4 N–H and O–H groups in total. The Labute approximate surface area is 194 Å². The Kier molecular flexibility index (Phi) is 10.7. The largest absolute Gasteiger partial charge is 0.489 e. The Hall–Kier alpha value is -1.56. The predicted octanol–water partition coefficient (Wildman–Crippen LogP) is 3.13. The summed E-state index contributed by atoms with van der Waals surface area (Å²) < 4.78 is 28.8. The van der Waals surface area contributed by atoms with Crippen molar-refractivity contribution in [3.8, 4) is 5.75 Å². The van der Waals surface area contributed by atoms with Crippen LogP contribution in [0.25, 0.3) is 0 Å². The Balaban J connectivity index is 0.00000420. The lowest BCUT2D eigenvalue weighted by atomic mass is 10.2. The molecule has 29 heavy (non-hydrogen) atoms. The van der Waals surface area contributed by atoms with Gasteiger partial charge in [0.05, 0.1) is 18.0 Å². The van der Waals surface area contributed by atoms with E-state index in [1.807, 2.05) is 26.0 Å². The summed E-state index contributed by atoms with van der Waals surface area (Å²) in [5.74, 6) is 1.34. The number of nitrogens with zero attached hydrogens (tertiary/aromatic N) is 1. The molecule has 10 heteroatoms. The lowest BCUT2D eigenvalue weighted by Gasteiger charge is -2.17. The van der Waals surface area contributed by atoms with Crippen molar-refractivity contribution in [3.63, 3.8) is 0 Å². The lowest BCUT2D eigenvalue weighted by molar-refractivity contribution is 0.224. The highest BCUT2D eigenvalue weighted by Gasteiger charge is 2.09. The molecular formula is C19H26ClIN4O3S. The van der Waals surface area contributed by atoms with Crippen molar-refractivity contribution in [1.29, 1.82) is 0 Å². The van der Waals surface area contributed by atoms with Gasteiger partial charge in [0.1, 0.15) is 11.9 Å². The first kappa shape index (κ1) is 25.5. The van der Waals surface area contributed by atoms with E-state index in [1.165, 1.54) is 12.1 Å². The fourth-order valence-corrected chi connectivity index (χ4v) is 3.07. The number of benzene rings is 2. The number of nitrogens with one attached hydrogen (secondary N) is 2. The zero-order valence-corrected chi connectivity index (χ0v) is 20.2. The van der Waals surface area contributed by atoms with Crippen LogP contribution in [0.4, 0.5) is 0 Å². The molecule has 0 fully saturated rings. The molecule has 2 aromatic rings. The number of aliphatic imine (C=N–C) groups is 1. The first-order chi connectivity index (χ1) is 13.3. The van der Waals surface area contributed by atoms with Crippen molar-refractivity contribution >= 4 is 51.6 Å². The van der Waals surface area contributed by atoms with Gasteiger partial charge < -0.3 is 15.4 Å². The molecule has 1 atom stereocenters. The second kappa shape index (κ2) is 12.2. The van der Waals surface area contributed by atoms with E-state index in [2.05, 4.69) is 15.6 Å². The van der Waals surface area contributed by atoms with E-state index in [1.54, 1.807) is 24.3 Å². The minimum Gasteiger partial charge on any atom is -0.489 e. The van der Waals surface area contributed by atoms with Crippen LogP contribution in [0.3, 0.4) is 0 Å². The maximum absolute atomic E-state index is 11.5. The van der Waals surface area contributed by atoms with Gasteiger partial charge in [0, 0.05) is 11.6 Å². The standard InChI is InChI=1S/C19H25ClN4O3S.HI/c1-3-22-19(23-12-14(2)27-17-9-7-16(20)8-10-17)24-13-15-5-4-6-18(11-15)28(21,25)26;/h4-11,14H,3,12-13H2,1-2H3,(H2,21,25,26)(H2,22,23,24);1H. The van der Waals surface area contributed by atoms with E-state index in [4.69, 9.17) is 21.5 Å². The second-order valence-electron chi connectivity index (χ2n) is 6.15. The number of halogens is 2. The zero-order chi connectivity index (χ0) is 20.6. The average molecular weight is 553 g/mol. The van der Waals surface area contributed by atoms with Crippen molar-refractivity contribution in [2.75, 3.05) is 13.1 Å². The Morgan fingerprint density at radius 3 is 2.52 bits per heavy atom. The van der Waals surface area contributed by atoms with Crippen LogP contribution < -0.4 is 20.5 Å². The third kappa shape index (κ3) is 9.20. The molecule has 0 saturated carbocycles. The van der Waals surface area contributed by atoms with Crippen LogP contribution in [0.1, 0.15) is 19.4 Å². The highest BCUT2D eigenvalue weighted by atomic mass is 127. The zero-order valence-electron chi connectivity index (χ0n) is 16.3. The summed E-state index contributed by atoms with van der Waals surface area (Å²) in [6.07, 6.45) is -0.101. The highest BCUT2D eigenvalue weighted by Crippen LogP contribution is 2.16. The fraction of sp³-hybridized carbons (Fsp3) is 0.316. The van der Waals surface area contributed by atoms with Gasteiger partial charge in [-0.2, -0.15) is 0 Å². The molecule has 0 heterocycles. The van der Waals surface area contributed by atoms with Crippen molar-refractivity contribution in [2.45, 2.75) is 31.4 Å². The minimum absolute atomic E-state index is 0. The summed E-state index contributed by atoms with van der Waals surface area (Å²) >= 11 is 5.87. The second-order valence-corrected chi connectivity index (χ2v) is 8.15. The first-order valence-corrected chi connectivity index (χ1v) is 10.8. The fourth-order valence-electron chi connectivity index (χ4n) is 2.36. The molecule has 7 nitrogen and oxygen atoms in total. The molecule has 0 aliphatic rings. The van der Waals surface area contributed by atoms with Gasteiger partial charge in [-0.05, 0) is 55.8 Å². The number of nitrogens with two attached hydrogens (primary N) is 1. The minimum atomic E-state index is -3.73. The molecule has 2 rings (SSSR count). The molecule has 0 amide bonds. The maximum atomic E-state index is 11.5. The van der Waals surface area contributed by atoms with Crippen LogP contribution in [0, 0.1) is 0 Å². The number of sulfonamides is 1. The monoisotopic (exact) mass is 552 g/mol. The van der Waals surface area contributed by atoms with Gasteiger partial charge >= 0.3 is 0 Å².